The number of benzene rings is 1. The van der Waals surface area contributed by atoms with Crippen molar-refractivity contribution in [3.63, 3.8) is 0 Å². The number of nitrogens with zero attached hydrogens (tertiary/aromatic N) is 3. The first-order valence-corrected chi connectivity index (χ1v) is 10.4. The van der Waals surface area contributed by atoms with E-state index in [9.17, 15) is 4.79 Å². The zero-order valence-electron chi connectivity index (χ0n) is 16.3. The maximum absolute atomic E-state index is 12.0. The Kier molecular flexibility index (Phi) is 9.77. The van der Waals surface area contributed by atoms with E-state index < -0.39 is 0 Å². The number of para-hydroxylation sites is 1. The van der Waals surface area contributed by atoms with Gasteiger partial charge in [0.15, 0.2) is 0 Å². The van der Waals surface area contributed by atoms with Gasteiger partial charge in [0, 0.05) is 13.0 Å². The lowest BCUT2D eigenvalue weighted by Gasteiger charge is -2.06. The Morgan fingerprint density at radius 2 is 1.62 bits per heavy atom. The molecule has 5 nitrogen and oxygen atoms in total. The van der Waals surface area contributed by atoms with Gasteiger partial charge in [-0.05, 0) is 18.6 Å². The fraction of sp³-hybridized carbons (Fsp3) is 0.667. The summed E-state index contributed by atoms with van der Waals surface area (Å²) in [4.78, 5) is 12.0. The van der Waals surface area contributed by atoms with E-state index in [2.05, 4.69) is 22.6 Å². The topological polar surface area (TPSA) is 59.8 Å². The van der Waals surface area contributed by atoms with Crippen LogP contribution in [0.25, 0.3) is 11.0 Å². The Morgan fingerprint density at radius 3 is 2.35 bits per heavy atom. The van der Waals surface area contributed by atoms with Crippen molar-refractivity contribution in [1.82, 2.24) is 20.3 Å². The molecule has 2 rings (SSSR count). The molecule has 0 aliphatic carbocycles. The van der Waals surface area contributed by atoms with Crippen LogP contribution in [0.4, 0.5) is 0 Å². The minimum atomic E-state index is 0.0977. The van der Waals surface area contributed by atoms with Crippen molar-refractivity contribution in [3.05, 3.63) is 24.3 Å². The summed E-state index contributed by atoms with van der Waals surface area (Å²) in [6, 6.07) is 7.83. The van der Waals surface area contributed by atoms with Gasteiger partial charge in [-0.25, -0.2) is 4.68 Å². The minimum Gasteiger partial charge on any atom is -0.356 e. The Labute approximate surface area is 157 Å². The first-order chi connectivity index (χ1) is 12.8. The van der Waals surface area contributed by atoms with Crippen molar-refractivity contribution in [2.75, 3.05) is 6.54 Å². The molecule has 0 atom stereocenters. The van der Waals surface area contributed by atoms with E-state index in [1.807, 2.05) is 24.3 Å². The summed E-state index contributed by atoms with van der Waals surface area (Å²) in [6.07, 6.45) is 13.6. The highest BCUT2D eigenvalue weighted by molar-refractivity contribution is 5.76. The van der Waals surface area contributed by atoms with Crippen LogP contribution in [0.3, 0.4) is 0 Å². The predicted octanol–water partition coefficient (Wildman–Crippen LogP) is 4.86. The Hall–Kier alpha value is -1.91. The second-order valence-electron chi connectivity index (χ2n) is 7.08. The molecular weight excluding hydrogens is 324 g/mol. The predicted molar refractivity (Wildman–Crippen MR) is 107 cm³/mol. The molecule has 5 heteroatoms. The van der Waals surface area contributed by atoms with E-state index in [-0.39, 0.29) is 5.91 Å². The van der Waals surface area contributed by atoms with Gasteiger partial charge < -0.3 is 5.32 Å². The van der Waals surface area contributed by atoms with E-state index in [0.29, 0.717) is 13.0 Å². The van der Waals surface area contributed by atoms with Crippen LogP contribution in [-0.4, -0.2) is 27.4 Å². The van der Waals surface area contributed by atoms with Crippen LogP contribution in [0.5, 0.6) is 0 Å². The number of fused-ring (bicyclic) bond motifs is 1. The third kappa shape index (κ3) is 7.54. The summed E-state index contributed by atoms with van der Waals surface area (Å²) in [5.74, 6) is 0.0977. The van der Waals surface area contributed by atoms with Gasteiger partial charge in [-0.2, -0.15) is 0 Å². The summed E-state index contributed by atoms with van der Waals surface area (Å²) < 4.78 is 1.80. The molecule has 26 heavy (non-hydrogen) atoms. The van der Waals surface area contributed by atoms with Crippen molar-refractivity contribution in [2.45, 2.75) is 84.1 Å². The summed E-state index contributed by atoms with van der Waals surface area (Å²) in [5, 5.41) is 11.2. The molecule has 1 aromatic heterocycles. The molecule has 0 saturated heterocycles. The van der Waals surface area contributed by atoms with Crippen LogP contribution in [0.15, 0.2) is 24.3 Å². The van der Waals surface area contributed by atoms with Gasteiger partial charge in [-0.3, -0.25) is 4.79 Å². The molecule has 0 spiro atoms. The van der Waals surface area contributed by atoms with Crippen molar-refractivity contribution in [1.29, 1.82) is 0 Å². The SMILES string of the molecule is CCCCCCCCCCCCNC(=O)CCn1nnc2ccccc21. The summed E-state index contributed by atoms with van der Waals surface area (Å²) in [7, 11) is 0. The average Bonchev–Trinajstić information content (AvgIpc) is 3.07. The molecule has 0 fully saturated rings. The van der Waals surface area contributed by atoms with Gasteiger partial charge in [0.05, 0.1) is 12.1 Å². The summed E-state index contributed by atoms with van der Waals surface area (Å²) >= 11 is 0. The third-order valence-corrected chi connectivity index (χ3v) is 4.82. The van der Waals surface area contributed by atoms with Gasteiger partial charge in [0.25, 0.3) is 0 Å². The molecule has 0 unspecified atom stereocenters. The zero-order chi connectivity index (χ0) is 18.5. The molecule has 1 aromatic carbocycles. The number of nitrogens with one attached hydrogen (secondary N) is 1. The highest BCUT2D eigenvalue weighted by atomic mass is 16.1. The van der Waals surface area contributed by atoms with E-state index in [1.165, 1.54) is 57.8 Å². The molecule has 1 amide bonds. The minimum absolute atomic E-state index is 0.0977. The molecule has 1 heterocycles. The van der Waals surface area contributed by atoms with Crippen LogP contribution in [0.2, 0.25) is 0 Å². The number of hydrogen-bond acceptors (Lipinski definition) is 3. The van der Waals surface area contributed by atoms with E-state index in [4.69, 9.17) is 0 Å². The first-order valence-electron chi connectivity index (χ1n) is 10.4. The Balaban J connectivity index is 1.46. The number of aromatic nitrogens is 3. The number of rotatable bonds is 14. The number of amides is 1. The van der Waals surface area contributed by atoms with Crippen molar-refractivity contribution in [3.8, 4) is 0 Å². The number of aryl methyl sites for hydroxylation is 1. The molecular formula is C21H34N4O. The monoisotopic (exact) mass is 358 g/mol. The lowest BCUT2D eigenvalue weighted by Crippen LogP contribution is -2.25. The second-order valence-corrected chi connectivity index (χ2v) is 7.08. The lowest BCUT2D eigenvalue weighted by molar-refractivity contribution is -0.121. The molecule has 0 aliphatic rings. The molecule has 1 N–H and O–H groups in total. The normalized spacial score (nSPS) is 11.1. The summed E-state index contributed by atoms with van der Waals surface area (Å²) in [5.41, 5.74) is 1.85. The average molecular weight is 359 g/mol. The lowest BCUT2D eigenvalue weighted by atomic mass is 10.1. The number of hydrogen-bond donors (Lipinski definition) is 1. The number of carbonyl (C=O) groups is 1. The third-order valence-electron chi connectivity index (χ3n) is 4.82. The van der Waals surface area contributed by atoms with Crippen molar-refractivity contribution >= 4 is 16.9 Å². The van der Waals surface area contributed by atoms with Gasteiger partial charge in [-0.15, -0.1) is 5.10 Å². The maximum atomic E-state index is 12.0. The van der Waals surface area contributed by atoms with Gasteiger partial charge in [0.2, 0.25) is 5.91 Å². The largest absolute Gasteiger partial charge is 0.356 e. The molecule has 0 saturated carbocycles. The van der Waals surface area contributed by atoms with E-state index in [0.717, 1.165) is 24.0 Å². The molecule has 0 aliphatic heterocycles. The fourth-order valence-corrected chi connectivity index (χ4v) is 3.22. The van der Waals surface area contributed by atoms with Gasteiger partial charge >= 0.3 is 0 Å². The van der Waals surface area contributed by atoms with Gasteiger partial charge in [0.1, 0.15) is 5.52 Å². The van der Waals surface area contributed by atoms with Gasteiger partial charge in [-0.1, -0.05) is 82.1 Å². The van der Waals surface area contributed by atoms with Crippen LogP contribution in [0, 0.1) is 0 Å². The Bertz CT molecular complexity index is 638. The molecule has 0 radical (unpaired) electrons. The standard InChI is InChI=1S/C21H34N4O/c1-2-3-4-5-6-7-8-9-10-13-17-22-21(26)16-18-25-20-15-12-11-14-19(20)23-24-25/h11-12,14-15H,2-10,13,16-18H2,1H3,(H,22,26). The first kappa shape index (κ1) is 20.4. The number of carbonyl (C=O) groups excluding carboxylic acids is 1. The molecule has 144 valence electrons. The fourth-order valence-electron chi connectivity index (χ4n) is 3.22. The van der Waals surface area contributed by atoms with E-state index >= 15 is 0 Å². The van der Waals surface area contributed by atoms with Crippen molar-refractivity contribution in [2.24, 2.45) is 0 Å². The Morgan fingerprint density at radius 1 is 0.962 bits per heavy atom. The van der Waals surface area contributed by atoms with Crippen LogP contribution < -0.4 is 5.32 Å². The highest BCUT2D eigenvalue weighted by Gasteiger charge is 2.06. The van der Waals surface area contributed by atoms with E-state index in [1.54, 1.807) is 4.68 Å². The van der Waals surface area contributed by atoms with Crippen LogP contribution in [0.1, 0.15) is 77.6 Å². The number of unbranched alkanes of at least 4 members (excludes halogenated alkanes) is 9. The maximum Gasteiger partial charge on any atom is 0.221 e. The van der Waals surface area contributed by atoms with Crippen LogP contribution in [-0.2, 0) is 11.3 Å². The zero-order valence-corrected chi connectivity index (χ0v) is 16.3. The summed E-state index contributed by atoms with van der Waals surface area (Å²) in [6.45, 7) is 3.62. The highest BCUT2D eigenvalue weighted by Crippen LogP contribution is 2.11. The smallest absolute Gasteiger partial charge is 0.221 e. The molecule has 0 bridgehead atoms. The second kappa shape index (κ2) is 12.4. The quantitative estimate of drug-likeness (QED) is 0.491. The van der Waals surface area contributed by atoms with Crippen LogP contribution >= 0.6 is 0 Å². The van der Waals surface area contributed by atoms with Crippen molar-refractivity contribution < 1.29 is 4.79 Å². The molecule has 2 aromatic rings.